The molecule has 1 aliphatic rings. The zero-order valence-electron chi connectivity index (χ0n) is 34.4. The number of rotatable bonds is 7. The average Bonchev–Trinajstić information content (AvgIpc) is 3.76. The molecule has 296 valence electrons. The summed E-state index contributed by atoms with van der Waals surface area (Å²) >= 11 is 1.91. The van der Waals surface area contributed by atoms with Crippen LogP contribution in [0, 0.1) is 0 Å². The Morgan fingerprint density at radius 1 is 0.397 bits per heavy atom. The van der Waals surface area contributed by atoms with Gasteiger partial charge < -0.3 is 0 Å². The monoisotopic (exact) mass is 821 g/mol. The van der Waals surface area contributed by atoms with Crippen molar-refractivity contribution in [3.8, 4) is 67.4 Å². The molecule has 3 nitrogen and oxygen atoms in total. The summed E-state index contributed by atoms with van der Waals surface area (Å²) in [6, 6.07) is 73.4. The molecule has 1 aliphatic carbocycles. The highest BCUT2D eigenvalue weighted by molar-refractivity contribution is 7.20. The van der Waals surface area contributed by atoms with Crippen molar-refractivity contribution < 1.29 is 0 Å². The largest absolute Gasteiger partial charge is 0.246 e. The number of pyridine rings is 1. The standard InChI is InChI=1S/C59H39N3S/c1-4-15-38(16-5-1)45-22-12-26-50-55(45)51-27-13-23-46(57(51)62-56(50)43-17-6-2-7-18-43)39-29-33-41(34-30-39)52-37-53(61-59(60-52)44-19-8-3-9-20-44)42-35-31-40(32-36-42)47-24-14-25-49-48-21-10-11-28-54(48)63-58(47)49/h1-13,15-24,26-37H,14,25H2. The van der Waals surface area contributed by atoms with E-state index in [1.54, 1.807) is 0 Å². The summed E-state index contributed by atoms with van der Waals surface area (Å²) in [5.41, 5.74) is 16.5. The summed E-state index contributed by atoms with van der Waals surface area (Å²) < 4.78 is 1.36. The van der Waals surface area contributed by atoms with Crippen molar-refractivity contribution in [2.75, 3.05) is 0 Å². The first-order chi connectivity index (χ1) is 31.2. The Morgan fingerprint density at radius 2 is 0.937 bits per heavy atom. The van der Waals surface area contributed by atoms with Gasteiger partial charge in [0, 0.05) is 53.6 Å². The highest BCUT2D eigenvalue weighted by Crippen LogP contribution is 2.44. The Hall–Kier alpha value is -7.79. The van der Waals surface area contributed by atoms with Crippen LogP contribution in [0.15, 0.2) is 212 Å². The molecule has 0 saturated carbocycles. The number of allylic oxidation sites excluding steroid dienone is 1. The molecule has 11 aromatic rings. The van der Waals surface area contributed by atoms with Crippen LogP contribution >= 0.6 is 11.3 Å². The fraction of sp³-hybridized carbons (Fsp3) is 0.0339. The van der Waals surface area contributed by atoms with Gasteiger partial charge in [0.25, 0.3) is 0 Å². The van der Waals surface area contributed by atoms with Crippen LogP contribution in [0.3, 0.4) is 0 Å². The lowest BCUT2D eigenvalue weighted by molar-refractivity contribution is 0.998. The van der Waals surface area contributed by atoms with E-state index in [-0.39, 0.29) is 0 Å². The number of nitrogens with zero attached hydrogens (tertiary/aromatic N) is 3. The van der Waals surface area contributed by atoms with Gasteiger partial charge in [0.15, 0.2) is 5.82 Å². The molecule has 4 heteroatoms. The maximum atomic E-state index is 5.49. The minimum Gasteiger partial charge on any atom is -0.246 e. The quantitative estimate of drug-likeness (QED) is 0.150. The second-order valence-electron chi connectivity index (χ2n) is 16.2. The van der Waals surface area contributed by atoms with Crippen LogP contribution in [-0.2, 0) is 6.42 Å². The number of fused-ring (bicyclic) bond motifs is 6. The molecule has 63 heavy (non-hydrogen) atoms. The van der Waals surface area contributed by atoms with Gasteiger partial charge in [-0.05, 0) is 63.8 Å². The molecule has 3 aromatic heterocycles. The summed E-state index contributed by atoms with van der Waals surface area (Å²) in [5.74, 6) is 0.703. The lowest BCUT2D eigenvalue weighted by Crippen LogP contribution is -1.98. The Balaban J connectivity index is 0.947. The van der Waals surface area contributed by atoms with Crippen LogP contribution in [0.2, 0.25) is 0 Å². The minimum atomic E-state index is 0.703. The van der Waals surface area contributed by atoms with E-state index in [0.717, 1.165) is 79.6 Å². The predicted octanol–water partition coefficient (Wildman–Crippen LogP) is 15.8. The second kappa shape index (κ2) is 15.6. The zero-order chi connectivity index (χ0) is 41.7. The molecular weight excluding hydrogens is 783 g/mol. The number of thiophene rings is 1. The number of hydrogen-bond donors (Lipinski definition) is 0. The maximum Gasteiger partial charge on any atom is 0.160 e. The molecule has 0 N–H and O–H groups in total. The average molecular weight is 822 g/mol. The molecule has 0 saturated heterocycles. The molecule has 8 aromatic carbocycles. The fourth-order valence-corrected chi connectivity index (χ4v) is 10.7. The van der Waals surface area contributed by atoms with Crippen LogP contribution in [0.1, 0.15) is 22.4 Å². The molecule has 3 heterocycles. The van der Waals surface area contributed by atoms with Crippen molar-refractivity contribution in [1.29, 1.82) is 0 Å². The van der Waals surface area contributed by atoms with Gasteiger partial charge in [-0.3, -0.25) is 0 Å². The molecule has 0 unspecified atom stereocenters. The predicted molar refractivity (Wildman–Crippen MR) is 265 cm³/mol. The van der Waals surface area contributed by atoms with Gasteiger partial charge in [0.2, 0.25) is 0 Å². The van der Waals surface area contributed by atoms with Gasteiger partial charge in [-0.25, -0.2) is 15.0 Å². The van der Waals surface area contributed by atoms with E-state index < -0.39 is 0 Å². The van der Waals surface area contributed by atoms with Crippen LogP contribution in [0.4, 0.5) is 0 Å². The van der Waals surface area contributed by atoms with Crippen LogP contribution in [0.25, 0.3) is 105 Å². The van der Waals surface area contributed by atoms with Crippen molar-refractivity contribution in [2.24, 2.45) is 0 Å². The highest BCUT2D eigenvalue weighted by Gasteiger charge is 2.21. The number of hydrogen-bond acceptors (Lipinski definition) is 4. The SMILES string of the molecule is C1=C(c2ccc(-c3cc(-c4ccc(-c5cccc6c5nc(-c5ccccc5)c5cccc(-c7ccccc7)c56)cc4)nc(-c4ccccc4)n3)cc2)c2sc3ccccc3c2CC1. The minimum absolute atomic E-state index is 0.703. The van der Waals surface area contributed by atoms with Gasteiger partial charge in [-0.15, -0.1) is 11.3 Å². The van der Waals surface area contributed by atoms with Gasteiger partial charge in [-0.1, -0.05) is 200 Å². The van der Waals surface area contributed by atoms with Crippen LogP contribution < -0.4 is 0 Å². The van der Waals surface area contributed by atoms with Crippen molar-refractivity contribution in [3.63, 3.8) is 0 Å². The second-order valence-corrected chi connectivity index (χ2v) is 17.2. The highest BCUT2D eigenvalue weighted by atomic mass is 32.1. The molecule has 0 radical (unpaired) electrons. The van der Waals surface area contributed by atoms with E-state index in [9.17, 15) is 0 Å². The van der Waals surface area contributed by atoms with Crippen molar-refractivity contribution in [2.45, 2.75) is 12.8 Å². The molecule has 0 fully saturated rings. The third-order valence-electron chi connectivity index (χ3n) is 12.4. The molecule has 0 spiro atoms. The van der Waals surface area contributed by atoms with Gasteiger partial charge in [0.1, 0.15) is 0 Å². The van der Waals surface area contributed by atoms with Crippen molar-refractivity contribution in [1.82, 2.24) is 15.0 Å². The molecule has 12 rings (SSSR count). The first kappa shape index (κ1) is 37.0. The van der Waals surface area contributed by atoms with Gasteiger partial charge in [0.05, 0.1) is 22.6 Å². The smallest absolute Gasteiger partial charge is 0.160 e. The van der Waals surface area contributed by atoms with Crippen LogP contribution in [0.5, 0.6) is 0 Å². The third kappa shape index (κ3) is 6.64. The molecule has 0 bridgehead atoms. The van der Waals surface area contributed by atoms with E-state index >= 15 is 0 Å². The summed E-state index contributed by atoms with van der Waals surface area (Å²) in [6.45, 7) is 0. The topological polar surface area (TPSA) is 38.7 Å². The Labute approximate surface area is 370 Å². The summed E-state index contributed by atoms with van der Waals surface area (Å²) in [5, 5.41) is 4.88. The normalized spacial score (nSPS) is 12.4. The summed E-state index contributed by atoms with van der Waals surface area (Å²) in [6.07, 6.45) is 4.55. The Bertz CT molecular complexity index is 3520. The van der Waals surface area contributed by atoms with E-state index in [1.165, 1.54) is 48.2 Å². The van der Waals surface area contributed by atoms with Crippen LogP contribution in [-0.4, -0.2) is 15.0 Å². The molecule has 0 atom stereocenters. The Morgan fingerprint density at radius 3 is 1.63 bits per heavy atom. The number of para-hydroxylation sites is 1. The number of aromatic nitrogens is 3. The zero-order valence-corrected chi connectivity index (χ0v) is 35.2. The molecule has 0 amide bonds. The molecule has 0 aliphatic heterocycles. The summed E-state index contributed by atoms with van der Waals surface area (Å²) in [4.78, 5) is 17.2. The van der Waals surface area contributed by atoms with E-state index in [0.29, 0.717) is 5.82 Å². The van der Waals surface area contributed by atoms with Gasteiger partial charge >= 0.3 is 0 Å². The number of aryl methyl sites for hydroxylation is 1. The Kier molecular flexibility index (Phi) is 9.16. The first-order valence-corrected chi connectivity index (χ1v) is 22.4. The summed E-state index contributed by atoms with van der Waals surface area (Å²) in [7, 11) is 0. The van der Waals surface area contributed by atoms with E-state index in [1.807, 2.05) is 29.5 Å². The van der Waals surface area contributed by atoms with Gasteiger partial charge in [-0.2, -0.15) is 0 Å². The van der Waals surface area contributed by atoms with E-state index in [4.69, 9.17) is 15.0 Å². The van der Waals surface area contributed by atoms with E-state index in [2.05, 4.69) is 194 Å². The van der Waals surface area contributed by atoms with Crippen molar-refractivity contribution >= 4 is 48.7 Å². The lowest BCUT2D eigenvalue weighted by Gasteiger charge is -2.16. The molecular formula is C59H39N3S. The third-order valence-corrected chi connectivity index (χ3v) is 13.7. The fourth-order valence-electron chi connectivity index (χ4n) is 9.35. The number of benzene rings is 8. The lowest BCUT2D eigenvalue weighted by atomic mass is 9.91. The first-order valence-electron chi connectivity index (χ1n) is 21.6. The van der Waals surface area contributed by atoms with Crippen molar-refractivity contribution in [3.05, 3.63) is 228 Å². The maximum absolute atomic E-state index is 5.49.